The van der Waals surface area contributed by atoms with Gasteiger partial charge in [-0.3, -0.25) is 0 Å². The minimum absolute atomic E-state index is 0.327. The van der Waals surface area contributed by atoms with Crippen LogP contribution in [0.15, 0.2) is 6.07 Å². The maximum absolute atomic E-state index is 4.87. The summed E-state index contributed by atoms with van der Waals surface area (Å²) < 4.78 is 1.92. The number of rotatable bonds is 3. The Morgan fingerprint density at radius 3 is 2.38 bits per heavy atom. The molecule has 0 aliphatic carbocycles. The van der Waals surface area contributed by atoms with E-state index >= 15 is 0 Å². The lowest BCUT2D eigenvalue weighted by Gasteiger charge is -2.28. The van der Waals surface area contributed by atoms with Crippen LogP contribution in [0.25, 0.3) is 5.65 Å². The molecule has 2 aromatic rings. The van der Waals surface area contributed by atoms with Gasteiger partial charge in [0.15, 0.2) is 11.5 Å². The number of aromatic nitrogens is 4. The van der Waals surface area contributed by atoms with Crippen LogP contribution in [0.1, 0.15) is 51.2 Å². The van der Waals surface area contributed by atoms with E-state index in [1.54, 1.807) is 0 Å². The number of hydrogen-bond donors (Lipinski definition) is 0. The zero-order valence-corrected chi connectivity index (χ0v) is 14.0. The van der Waals surface area contributed by atoms with Crippen LogP contribution < -0.4 is 4.90 Å². The van der Waals surface area contributed by atoms with E-state index in [0.29, 0.717) is 11.8 Å². The van der Waals surface area contributed by atoms with E-state index < -0.39 is 0 Å². The van der Waals surface area contributed by atoms with E-state index in [2.05, 4.69) is 43.8 Å². The molecule has 0 N–H and O–H groups in total. The molecule has 0 amide bonds. The summed E-state index contributed by atoms with van der Waals surface area (Å²) in [5, 5.41) is 4.64. The lowest BCUT2D eigenvalue weighted by Crippen LogP contribution is -2.33. The Bertz CT molecular complexity index is 628. The van der Waals surface area contributed by atoms with Gasteiger partial charge >= 0.3 is 0 Å². The van der Waals surface area contributed by atoms with E-state index in [1.165, 1.54) is 11.5 Å². The number of hydrogen-bond acceptors (Lipinski definition) is 5. The number of anilines is 1. The Morgan fingerprint density at radius 1 is 1.05 bits per heavy atom. The van der Waals surface area contributed by atoms with Crippen molar-refractivity contribution in [3.05, 3.63) is 17.7 Å². The van der Waals surface area contributed by atoms with Gasteiger partial charge < -0.3 is 4.90 Å². The van der Waals surface area contributed by atoms with Crippen LogP contribution in [0.5, 0.6) is 0 Å². The predicted octanol–water partition coefficient (Wildman–Crippen LogP) is 2.92. The summed E-state index contributed by atoms with van der Waals surface area (Å²) in [6, 6.07) is 2.08. The van der Waals surface area contributed by atoms with Gasteiger partial charge in [-0.1, -0.05) is 27.7 Å². The fourth-order valence-corrected chi connectivity index (χ4v) is 3.39. The summed E-state index contributed by atoms with van der Waals surface area (Å²) in [5.74, 6) is 5.95. The van der Waals surface area contributed by atoms with Crippen molar-refractivity contribution in [1.29, 1.82) is 0 Å². The third-order valence-electron chi connectivity index (χ3n) is 3.72. The first-order chi connectivity index (χ1) is 10.1. The average molecular weight is 305 g/mol. The number of fused-ring (bicyclic) bond motifs is 1. The molecule has 0 atom stereocenters. The molecule has 0 saturated carbocycles. The number of thioether (sulfide) groups is 1. The predicted molar refractivity (Wildman–Crippen MR) is 88.5 cm³/mol. The fourth-order valence-electron chi connectivity index (χ4n) is 2.49. The maximum Gasteiger partial charge on any atom is 0.161 e. The van der Waals surface area contributed by atoms with E-state index in [1.807, 2.05) is 16.3 Å². The summed E-state index contributed by atoms with van der Waals surface area (Å²) in [4.78, 5) is 11.9. The van der Waals surface area contributed by atoms with Crippen molar-refractivity contribution in [3.63, 3.8) is 0 Å². The first-order valence-electron chi connectivity index (χ1n) is 7.66. The van der Waals surface area contributed by atoms with Gasteiger partial charge in [-0.05, 0) is 0 Å². The topological polar surface area (TPSA) is 46.3 Å². The normalized spacial score (nSPS) is 16.4. The van der Waals surface area contributed by atoms with Crippen LogP contribution in [-0.4, -0.2) is 44.2 Å². The molecule has 3 rings (SSSR count). The third-order valence-corrected chi connectivity index (χ3v) is 4.66. The second kappa shape index (κ2) is 5.83. The molecule has 1 aliphatic rings. The second-order valence-electron chi connectivity index (χ2n) is 6.12. The first kappa shape index (κ1) is 14.6. The van der Waals surface area contributed by atoms with E-state index in [0.717, 1.165) is 36.2 Å². The molecule has 1 aliphatic heterocycles. The van der Waals surface area contributed by atoms with Crippen LogP contribution in [0, 0.1) is 0 Å². The van der Waals surface area contributed by atoms with Gasteiger partial charge in [-0.2, -0.15) is 16.3 Å². The van der Waals surface area contributed by atoms with Gasteiger partial charge in [-0.25, -0.2) is 9.97 Å². The van der Waals surface area contributed by atoms with Gasteiger partial charge in [0.2, 0.25) is 0 Å². The Kier molecular flexibility index (Phi) is 4.06. The molecule has 21 heavy (non-hydrogen) atoms. The van der Waals surface area contributed by atoms with E-state index in [9.17, 15) is 0 Å². The Hall–Kier alpha value is -1.30. The molecule has 5 nitrogen and oxygen atoms in total. The Balaban J connectivity index is 2.09. The molecule has 2 aromatic heterocycles. The maximum atomic E-state index is 4.87. The standard InChI is InChI=1S/C15H23N5S/c1-10(2)14-16-13-9-12(19-5-7-21-8-6-19)17-15(11(3)4)20(13)18-14/h9-11H,5-8H2,1-4H3. The van der Waals surface area contributed by atoms with Crippen LogP contribution >= 0.6 is 11.8 Å². The molecular weight excluding hydrogens is 282 g/mol. The molecular formula is C15H23N5S. The summed E-state index contributed by atoms with van der Waals surface area (Å²) in [5.41, 5.74) is 0.922. The SMILES string of the molecule is CC(C)c1nc2cc(N3CCSCC3)nc(C(C)C)n2n1. The summed E-state index contributed by atoms with van der Waals surface area (Å²) >= 11 is 2.01. The quantitative estimate of drug-likeness (QED) is 0.872. The van der Waals surface area contributed by atoms with E-state index in [4.69, 9.17) is 9.97 Å². The molecule has 3 heterocycles. The molecule has 0 radical (unpaired) electrons. The molecule has 0 spiro atoms. The van der Waals surface area contributed by atoms with Gasteiger partial charge in [-0.15, -0.1) is 5.10 Å². The minimum Gasteiger partial charge on any atom is -0.355 e. The van der Waals surface area contributed by atoms with Crippen molar-refractivity contribution in [2.45, 2.75) is 39.5 Å². The lowest BCUT2D eigenvalue weighted by atomic mass is 10.2. The second-order valence-corrected chi connectivity index (χ2v) is 7.35. The summed E-state index contributed by atoms with van der Waals surface area (Å²) in [7, 11) is 0. The first-order valence-corrected chi connectivity index (χ1v) is 8.82. The third kappa shape index (κ3) is 2.86. The van der Waals surface area contributed by atoms with Crippen molar-refractivity contribution in [2.75, 3.05) is 29.5 Å². The van der Waals surface area contributed by atoms with Crippen molar-refractivity contribution >= 4 is 23.2 Å². The van der Waals surface area contributed by atoms with Gasteiger partial charge in [0.25, 0.3) is 0 Å². The van der Waals surface area contributed by atoms with Gasteiger partial charge in [0.1, 0.15) is 11.6 Å². The highest BCUT2D eigenvalue weighted by atomic mass is 32.2. The highest BCUT2D eigenvalue weighted by molar-refractivity contribution is 7.99. The largest absolute Gasteiger partial charge is 0.355 e. The van der Waals surface area contributed by atoms with Crippen LogP contribution in [-0.2, 0) is 0 Å². The van der Waals surface area contributed by atoms with Crippen molar-refractivity contribution in [3.8, 4) is 0 Å². The molecule has 6 heteroatoms. The van der Waals surface area contributed by atoms with Gasteiger partial charge in [0.05, 0.1) is 0 Å². The average Bonchev–Trinajstić information content (AvgIpc) is 2.91. The Morgan fingerprint density at radius 2 is 1.76 bits per heavy atom. The van der Waals surface area contributed by atoms with Crippen LogP contribution in [0.2, 0.25) is 0 Å². The van der Waals surface area contributed by atoms with E-state index in [-0.39, 0.29) is 0 Å². The van der Waals surface area contributed by atoms with Gasteiger partial charge in [0, 0.05) is 42.5 Å². The van der Waals surface area contributed by atoms with Crippen molar-refractivity contribution < 1.29 is 0 Å². The highest BCUT2D eigenvalue weighted by Gasteiger charge is 2.19. The molecule has 114 valence electrons. The zero-order chi connectivity index (χ0) is 15.0. The molecule has 0 unspecified atom stereocenters. The number of nitrogens with zero attached hydrogens (tertiary/aromatic N) is 5. The van der Waals surface area contributed by atoms with Crippen molar-refractivity contribution in [2.24, 2.45) is 0 Å². The molecule has 1 saturated heterocycles. The molecule has 0 bridgehead atoms. The monoisotopic (exact) mass is 305 g/mol. The smallest absolute Gasteiger partial charge is 0.161 e. The van der Waals surface area contributed by atoms with Crippen LogP contribution in [0.3, 0.4) is 0 Å². The minimum atomic E-state index is 0.327. The highest BCUT2D eigenvalue weighted by Crippen LogP contribution is 2.23. The lowest BCUT2D eigenvalue weighted by molar-refractivity contribution is 0.685. The molecule has 1 fully saturated rings. The fraction of sp³-hybridized carbons (Fsp3) is 0.667. The Labute approximate surface area is 130 Å². The summed E-state index contributed by atoms with van der Waals surface area (Å²) in [6.07, 6.45) is 0. The summed E-state index contributed by atoms with van der Waals surface area (Å²) in [6.45, 7) is 10.7. The molecule has 0 aromatic carbocycles. The zero-order valence-electron chi connectivity index (χ0n) is 13.2. The van der Waals surface area contributed by atoms with Crippen LogP contribution in [0.4, 0.5) is 5.82 Å². The van der Waals surface area contributed by atoms with Crippen molar-refractivity contribution in [1.82, 2.24) is 19.6 Å².